The van der Waals surface area contributed by atoms with Gasteiger partial charge in [-0.1, -0.05) is 5.11 Å². The summed E-state index contributed by atoms with van der Waals surface area (Å²) >= 11 is 0. The molecular formula is C8H14N4O6. The quantitative estimate of drug-likeness (QED) is 0.208. The molecular weight excluding hydrogens is 248 g/mol. The van der Waals surface area contributed by atoms with Gasteiger partial charge in [0.2, 0.25) is 5.91 Å². The Morgan fingerprint density at radius 3 is 2.56 bits per heavy atom. The molecule has 5 N–H and O–H groups in total. The summed E-state index contributed by atoms with van der Waals surface area (Å²) in [6, 6.07) is 0. The highest BCUT2D eigenvalue weighted by Crippen LogP contribution is 2.19. The molecule has 102 valence electrons. The van der Waals surface area contributed by atoms with Gasteiger partial charge in [0.1, 0.15) is 31.0 Å². The van der Waals surface area contributed by atoms with Crippen LogP contribution in [0.25, 0.3) is 10.4 Å². The maximum atomic E-state index is 11.2. The Morgan fingerprint density at radius 1 is 1.33 bits per heavy atom. The third-order valence-corrected chi connectivity index (χ3v) is 2.47. The number of ether oxygens (including phenoxy) is 1. The number of carbonyl (C=O) groups excluding carboxylic acids is 1. The predicted octanol–water partition coefficient (Wildman–Crippen LogP) is -2.79. The van der Waals surface area contributed by atoms with Crippen LogP contribution in [0, 0.1) is 0 Å². The first kappa shape index (κ1) is 14.6. The minimum Gasteiger partial charge on any atom is -0.394 e. The van der Waals surface area contributed by atoms with Crippen molar-refractivity contribution in [2.24, 2.45) is 5.11 Å². The summed E-state index contributed by atoms with van der Waals surface area (Å²) in [6.07, 6.45) is -7.02. The molecule has 1 aliphatic heterocycles. The van der Waals surface area contributed by atoms with E-state index in [1.165, 1.54) is 0 Å². The smallest absolute Gasteiger partial charge is 0.227 e. The molecule has 5 atom stereocenters. The number of amides is 1. The fraction of sp³-hybridized carbons (Fsp3) is 0.875. The molecule has 10 heteroatoms. The second-order valence-corrected chi connectivity index (χ2v) is 3.71. The minimum absolute atomic E-state index is 0.495. The zero-order valence-corrected chi connectivity index (χ0v) is 9.25. The monoisotopic (exact) mass is 262 g/mol. The lowest BCUT2D eigenvalue weighted by atomic mass is 9.98. The summed E-state index contributed by atoms with van der Waals surface area (Å²) in [6.45, 7) is -1.08. The van der Waals surface area contributed by atoms with Gasteiger partial charge in [-0.3, -0.25) is 4.79 Å². The van der Waals surface area contributed by atoms with Gasteiger partial charge in [0, 0.05) is 4.91 Å². The molecule has 1 saturated heterocycles. The molecule has 10 nitrogen and oxygen atoms in total. The van der Waals surface area contributed by atoms with Crippen molar-refractivity contribution in [3.63, 3.8) is 0 Å². The van der Waals surface area contributed by atoms with Crippen molar-refractivity contribution in [3.8, 4) is 0 Å². The van der Waals surface area contributed by atoms with Crippen LogP contribution in [0.4, 0.5) is 0 Å². The van der Waals surface area contributed by atoms with E-state index in [1.807, 2.05) is 0 Å². The minimum atomic E-state index is -1.57. The second kappa shape index (κ2) is 6.50. The second-order valence-electron chi connectivity index (χ2n) is 3.71. The molecule has 1 rings (SSSR count). The van der Waals surface area contributed by atoms with Crippen LogP contribution in [0.1, 0.15) is 0 Å². The molecule has 0 saturated carbocycles. The molecule has 0 aromatic carbocycles. The highest BCUT2D eigenvalue weighted by atomic mass is 16.6. The Labute approximate surface area is 101 Å². The normalized spacial score (nSPS) is 35.7. The van der Waals surface area contributed by atoms with Crippen molar-refractivity contribution < 1.29 is 30.0 Å². The summed E-state index contributed by atoms with van der Waals surface area (Å²) in [5, 5.41) is 42.5. The van der Waals surface area contributed by atoms with E-state index >= 15 is 0 Å². The number of hydrogen-bond donors (Lipinski definition) is 5. The average Bonchev–Trinajstić information content (AvgIpc) is 2.37. The summed E-state index contributed by atoms with van der Waals surface area (Å²) in [7, 11) is 0. The van der Waals surface area contributed by atoms with Crippen LogP contribution in [0.5, 0.6) is 0 Å². The third-order valence-electron chi connectivity index (χ3n) is 2.47. The number of nitrogens with zero attached hydrogens (tertiary/aromatic N) is 3. The van der Waals surface area contributed by atoms with Gasteiger partial charge in [-0.15, -0.1) is 0 Å². The molecule has 0 radical (unpaired) electrons. The van der Waals surface area contributed by atoms with Gasteiger partial charge in [0.25, 0.3) is 0 Å². The molecule has 0 aliphatic carbocycles. The largest absolute Gasteiger partial charge is 0.394 e. The van der Waals surface area contributed by atoms with Crippen molar-refractivity contribution >= 4 is 5.91 Å². The van der Waals surface area contributed by atoms with Gasteiger partial charge in [0.05, 0.1) is 6.61 Å². The molecule has 1 aliphatic rings. The lowest BCUT2D eigenvalue weighted by molar-refractivity contribution is -0.235. The van der Waals surface area contributed by atoms with Crippen LogP contribution in [0.15, 0.2) is 5.11 Å². The Kier molecular flexibility index (Phi) is 5.28. The third kappa shape index (κ3) is 3.29. The number of aliphatic hydroxyl groups excluding tert-OH is 4. The summed E-state index contributed by atoms with van der Waals surface area (Å²) < 4.78 is 5.00. The number of aliphatic hydroxyl groups is 4. The maximum Gasteiger partial charge on any atom is 0.227 e. The van der Waals surface area contributed by atoms with E-state index in [0.29, 0.717) is 0 Å². The van der Waals surface area contributed by atoms with Gasteiger partial charge < -0.3 is 30.5 Å². The average molecular weight is 262 g/mol. The van der Waals surface area contributed by atoms with Crippen molar-refractivity contribution in [1.82, 2.24) is 5.32 Å². The highest BCUT2D eigenvalue weighted by Gasteiger charge is 2.43. The summed E-state index contributed by atoms with van der Waals surface area (Å²) in [5.74, 6) is -0.725. The predicted molar refractivity (Wildman–Crippen MR) is 55.9 cm³/mol. The van der Waals surface area contributed by atoms with Crippen LogP contribution in [0.2, 0.25) is 0 Å². The maximum absolute atomic E-state index is 11.2. The van der Waals surface area contributed by atoms with E-state index in [-0.39, 0.29) is 0 Å². The van der Waals surface area contributed by atoms with Gasteiger partial charge in [-0.05, 0) is 5.53 Å². The van der Waals surface area contributed by atoms with Crippen molar-refractivity contribution in [1.29, 1.82) is 0 Å². The Hall–Kier alpha value is -1.42. The molecule has 1 amide bonds. The van der Waals surface area contributed by atoms with Crippen molar-refractivity contribution in [3.05, 3.63) is 10.4 Å². The number of hydrogen-bond acceptors (Lipinski definition) is 7. The molecule has 0 bridgehead atoms. The van der Waals surface area contributed by atoms with E-state index in [2.05, 4.69) is 15.3 Å². The van der Waals surface area contributed by atoms with Gasteiger partial charge in [-0.2, -0.15) is 0 Å². The Bertz CT molecular complexity index is 344. The number of rotatable bonds is 4. The van der Waals surface area contributed by atoms with Gasteiger partial charge >= 0.3 is 0 Å². The van der Waals surface area contributed by atoms with Crippen LogP contribution >= 0.6 is 0 Å². The first-order chi connectivity index (χ1) is 8.51. The van der Waals surface area contributed by atoms with E-state index in [1.54, 1.807) is 0 Å². The zero-order valence-electron chi connectivity index (χ0n) is 9.25. The van der Waals surface area contributed by atoms with Crippen LogP contribution in [0.3, 0.4) is 0 Å². The zero-order chi connectivity index (χ0) is 13.7. The fourth-order valence-corrected chi connectivity index (χ4v) is 1.52. The lowest BCUT2D eigenvalue weighted by Crippen LogP contribution is -2.63. The van der Waals surface area contributed by atoms with Gasteiger partial charge in [0.15, 0.2) is 6.23 Å². The topological polar surface area (TPSA) is 168 Å². The molecule has 0 unspecified atom stereocenters. The lowest BCUT2D eigenvalue weighted by Gasteiger charge is -2.40. The number of nitrogens with one attached hydrogen (secondary N) is 1. The van der Waals surface area contributed by atoms with E-state index < -0.39 is 49.7 Å². The first-order valence-corrected chi connectivity index (χ1v) is 5.12. The van der Waals surface area contributed by atoms with E-state index in [4.69, 9.17) is 15.4 Å². The van der Waals surface area contributed by atoms with E-state index in [9.17, 15) is 20.1 Å². The molecule has 1 fully saturated rings. The van der Waals surface area contributed by atoms with Crippen LogP contribution in [-0.4, -0.2) is 70.1 Å². The van der Waals surface area contributed by atoms with Crippen molar-refractivity contribution in [2.45, 2.75) is 30.6 Å². The molecule has 0 spiro atoms. The number of carbonyl (C=O) groups is 1. The fourth-order valence-electron chi connectivity index (χ4n) is 1.52. The highest BCUT2D eigenvalue weighted by molar-refractivity contribution is 5.78. The summed E-state index contributed by atoms with van der Waals surface area (Å²) in [5.41, 5.74) is 8.02. The molecule has 0 aromatic heterocycles. The SMILES string of the molecule is [N-]=[N+]=NCC(=O)N[C@@H]1O[C@H](CO)[C@@H](O)[C@H](O)[C@@H]1O. The number of azide groups is 1. The Balaban J connectivity index is 2.64. The Morgan fingerprint density at radius 2 is 2.00 bits per heavy atom. The first-order valence-electron chi connectivity index (χ1n) is 5.12. The summed E-state index contributed by atoms with van der Waals surface area (Å²) in [4.78, 5) is 13.6. The van der Waals surface area contributed by atoms with E-state index in [0.717, 1.165) is 0 Å². The standard InChI is InChI=1S/C8H14N4O6/c9-12-10-1-4(14)11-8-7(17)6(16)5(15)3(2-13)18-8/h3,5-8,13,15-17H,1-2H2,(H,11,14)/t3-,5-,6+,7+,8-/m1/s1. The molecule has 18 heavy (non-hydrogen) atoms. The molecule has 0 aromatic rings. The van der Waals surface area contributed by atoms with Crippen molar-refractivity contribution in [2.75, 3.05) is 13.2 Å². The van der Waals surface area contributed by atoms with Gasteiger partial charge in [-0.25, -0.2) is 0 Å². The molecule has 1 heterocycles. The van der Waals surface area contributed by atoms with Crippen LogP contribution in [-0.2, 0) is 9.53 Å². The van der Waals surface area contributed by atoms with Crippen LogP contribution < -0.4 is 5.32 Å².